The molecule has 3 aromatic rings. The van der Waals surface area contributed by atoms with Gasteiger partial charge in [0.05, 0.1) is 29.2 Å². The van der Waals surface area contributed by atoms with Gasteiger partial charge in [0.1, 0.15) is 5.82 Å². The van der Waals surface area contributed by atoms with Crippen LogP contribution in [0.5, 0.6) is 5.75 Å². The van der Waals surface area contributed by atoms with Crippen molar-refractivity contribution in [2.45, 2.75) is 39.2 Å². The number of aromatic amines is 1. The van der Waals surface area contributed by atoms with Crippen molar-refractivity contribution in [3.8, 4) is 17.1 Å². The Bertz CT molecular complexity index is 1130. The molecule has 0 bridgehead atoms. The van der Waals surface area contributed by atoms with Crippen LogP contribution in [0.3, 0.4) is 0 Å². The molecule has 0 saturated heterocycles. The van der Waals surface area contributed by atoms with Crippen molar-refractivity contribution < 1.29 is 27.1 Å². The van der Waals surface area contributed by atoms with Crippen LogP contribution in [0.4, 0.5) is 17.6 Å². The van der Waals surface area contributed by atoms with E-state index in [1.165, 1.54) is 4.90 Å². The van der Waals surface area contributed by atoms with Crippen molar-refractivity contribution in [2.24, 2.45) is 0 Å². The zero-order valence-corrected chi connectivity index (χ0v) is 16.5. The number of hydrogen-bond donors (Lipinski definition) is 1. The van der Waals surface area contributed by atoms with Crippen LogP contribution in [0.1, 0.15) is 34.4 Å². The quantitative estimate of drug-likeness (QED) is 0.633. The van der Waals surface area contributed by atoms with Crippen molar-refractivity contribution in [3.05, 3.63) is 58.9 Å². The molecule has 0 saturated carbocycles. The number of halogens is 4. The topological polar surface area (TPSA) is 84.0 Å². The number of amides is 1. The van der Waals surface area contributed by atoms with Gasteiger partial charge in [-0.15, -0.1) is 13.2 Å². The Balaban J connectivity index is 1.68. The summed E-state index contributed by atoms with van der Waals surface area (Å²) in [6.45, 7) is 3.54. The Hall–Kier alpha value is -3.50. The number of nitrogens with zero attached hydrogens (tertiary/aromatic N) is 4. The molecule has 7 nitrogen and oxygen atoms in total. The lowest BCUT2D eigenvalue weighted by molar-refractivity contribution is -0.275. The van der Waals surface area contributed by atoms with Gasteiger partial charge in [-0.1, -0.05) is 6.07 Å². The van der Waals surface area contributed by atoms with Gasteiger partial charge in [-0.05, 0) is 38.5 Å². The van der Waals surface area contributed by atoms with Crippen LogP contribution in [0.25, 0.3) is 11.4 Å². The SMILES string of the molecule is Cc1nc2c(c(-c3ccn[nH]3)n1)C[C@@H](C)N(C(=O)c1cccc(OC(F)(F)F)c1F)C2. The van der Waals surface area contributed by atoms with Gasteiger partial charge in [-0.3, -0.25) is 9.89 Å². The van der Waals surface area contributed by atoms with Crippen LogP contribution in [0, 0.1) is 12.7 Å². The molecule has 1 aliphatic heterocycles. The zero-order chi connectivity index (χ0) is 22.3. The highest BCUT2D eigenvalue weighted by atomic mass is 19.4. The zero-order valence-electron chi connectivity index (χ0n) is 16.5. The maximum absolute atomic E-state index is 14.6. The molecule has 3 heterocycles. The number of rotatable bonds is 3. The summed E-state index contributed by atoms with van der Waals surface area (Å²) in [5.74, 6) is -2.68. The molecule has 0 spiro atoms. The van der Waals surface area contributed by atoms with Crippen LogP contribution in [0.15, 0.2) is 30.5 Å². The van der Waals surface area contributed by atoms with E-state index in [4.69, 9.17) is 0 Å². The summed E-state index contributed by atoms with van der Waals surface area (Å²) in [7, 11) is 0. The molecular formula is C20H17F4N5O2. The first kappa shape index (κ1) is 20.8. The number of aromatic nitrogens is 4. The number of nitrogens with one attached hydrogen (secondary N) is 1. The van der Waals surface area contributed by atoms with E-state index in [2.05, 4.69) is 24.9 Å². The van der Waals surface area contributed by atoms with E-state index in [-0.39, 0.29) is 12.6 Å². The number of fused-ring (bicyclic) bond motifs is 1. The van der Waals surface area contributed by atoms with Crippen LogP contribution < -0.4 is 4.74 Å². The molecule has 1 atom stereocenters. The van der Waals surface area contributed by atoms with Gasteiger partial charge in [-0.25, -0.2) is 14.4 Å². The molecule has 0 fully saturated rings. The molecule has 1 N–H and O–H groups in total. The number of carbonyl (C=O) groups is 1. The third kappa shape index (κ3) is 4.07. The second-order valence-corrected chi connectivity index (χ2v) is 7.17. The monoisotopic (exact) mass is 435 g/mol. The lowest BCUT2D eigenvalue weighted by Crippen LogP contribution is -2.43. The van der Waals surface area contributed by atoms with Gasteiger partial charge >= 0.3 is 6.36 Å². The molecule has 1 amide bonds. The van der Waals surface area contributed by atoms with E-state index < -0.39 is 29.4 Å². The van der Waals surface area contributed by atoms with E-state index in [9.17, 15) is 22.4 Å². The molecule has 1 aromatic carbocycles. The number of carbonyl (C=O) groups excluding carboxylic acids is 1. The van der Waals surface area contributed by atoms with Crippen LogP contribution in [-0.4, -0.2) is 43.4 Å². The Morgan fingerprint density at radius 3 is 2.71 bits per heavy atom. The molecule has 0 aliphatic carbocycles. The summed E-state index contributed by atoms with van der Waals surface area (Å²) in [5, 5.41) is 6.80. The number of aryl methyl sites for hydroxylation is 1. The summed E-state index contributed by atoms with van der Waals surface area (Å²) in [6, 6.07) is 4.49. The summed E-state index contributed by atoms with van der Waals surface area (Å²) >= 11 is 0. The smallest absolute Gasteiger partial charge is 0.403 e. The van der Waals surface area contributed by atoms with E-state index in [0.717, 1.165) is 23.8 Å². The molecule has 1 aliphatic rings. The Labute approximate surface area is 174 Å². The van der Waals surface area contributed by atoms with Crippen molar-refractivity contribution >= 4 is 5.91 Å². The van der Waals surface area contributed by atoms with Gasteiger partial charge in [0.2, 0.25) is 0 Å². The Morgan fingerprint density at radius 1 is 1.26 bits per heavy atom. The number of benzene rings is 1. The Morgan fingerprint density at radius 2 is 2.03 bits per heavy atom. The average molecular weight is 435 g/mol. The minimum Gasteiger partial charge on any atom is -0.403 e. The Kier molecular flexibility index (Phi) is 5.11. The standard InChI is InChI=1S/C20H17F4N5O2/c1-10-8-13-15(26-11(2)27-18(13)14-6-7-25-28-14)9-29(10)19(30)12-4-3-5-16(17(12)21)31-20(22,23)24/h3-7,10H,8-9H2,1-2H3,(H,25,28)/t10-/m1/s1. The molecule has 2 aromatic heterocycles. The summed E-state index contributed by atoms with van der Waals surface area (Å²) < 4.78 is 55.9. The first-order valence-electron chi connectivity index (χ1n) is 9.35. The van der Waals surface area contributed by atoms with Crippen LogP contribution in [0.2, 0.25) is 0 Å². The third-order valence-electron chi connectivity index (χ3n) is 4.99. The lowest BCUT2D eigenvalue weighted by atomic mass is 9.95. The maximum atomic E-state index is 14.6. The van der Waals surface area contributed by atoms with E-state index in [1.807, 2.05) is 0 Å². The number of H-pyrrole nitrogens is 1. The summed E-state index contributed by atoms with van der Waals surface area (Å²) in [5.41, 5.74) is 2.30. The van der Waals surface area contributed by atoms with Gasteiger partial charge in [0.15, 0.2) is 11.6 Å². The fraction of sp³-hybridized carbons (Fsp3) is 0.300. The minimum atomic E-state index is -5.07. The van der Waals surface area contributed by atoms with E-state index in [0.29, 0.717) is 29.3 Å². The van der Waals surface area contributed by atoms with Gasteiger partial charge in [-0.2, -0.15) is 5.10 Å². The largest absolute Gasteiger partial charge is 0.573 e. The summed E-state index contributed by atoms with van der Waals surface area (Å²) in [6.07, 6.45) is -3.09. The highest BCUT2D eigenvalue weighted by molar-refractivity contribution is 5.95. The first-order chi connectivity index (χ1) is 14.6. The normalized spacial score (nSPS) is 16.2. The van der Waals surface area contributed by atoms with Crippen LogP contribution >= 0.6 is 0 Å². The highest BCUT2D eigenvalue weighted by Crippen LogP contribution is 2.32. The predicted molar refractivity (Wildman–Crippen MR) is 100 cm³/mol. The van der Waals surface area contributed by atoms with E-state index >= 15 is 0 Å². The average Bonchev–Trinajstić information content (AvgIpc) is 3.22. The minimum absolute atomic E-state index is 0.0592. The van der Waals surface area contributed by atoms with Crippen LogP contribution in [-0.2, 0) is 13.0 Å². The molecule has 4 rings (SSSR count). The molecule has 0 radical (unpaired) electrons. The van der Waals surface area contributed by atoms with Crippen molar-refractivity contribution in [1.29, 1.82) is 0 Å². The maximum Gasteiger partial charge on any atom is 0.573 e. The lowest BCUT2D eigenvalue weighted by Gasteiger charge is -2.35. The second-order valence-electron chi connectivity index (χ2n) is 7.17. The highest BCUT2D eigenvalue weighted by Gasteiger charge is 2.35. The third-order valence-corrected chi connectivity index (χ3v) is 4.99. The molecule has 162 valence electrons. The first-order valence-corrected chi connectivity index (χ1v) is 9.35. The fourth-order valence-corrected chi connectivity index (χ4v) is 3.64. The molecular weight excluding hydrogens is 418 g/mol. The molecule has 0 unspecified atom stereocenters. The van der Waals surface area contributed by atoms with Crippen molar-refractivity contribution in [1.82, 2.24) is 25.1 Å². The number of hydrogen-bond acceptors (Lipinski definition) is 5. The predicted octanol–water partition coefficient (Wildman–Crippen LogP) is 3.80. The van der Waals surface area contributed by atoms with Gasteiger partial charge < -0.3 is 9.64 Å². The number of ether oxygens (including phenoxy) is 1. The van der Waals surface area contributed by atoms with E-state index in [1.54, 1.807) is 26.1 Å². The molecule has 31 heavy (non-hydrogen) atoms. The summed E-state index contributed by atoms with van der Waals surface area (Å²) in [4.78, 5) is 23.3. The fourth-order valence-electron chi connectivity index (χ4n) is 3.64. The van der Waals surface area contributed by atoms with Crippen molar-refractivity contribution in [3.63, 3.8) is 0 Å². The number of alkyl halides is 3. The molecule has 11 heteroatoms. The van der Waals surface area contributed by atoms with Gasteiger partial charge in [0, 0.05) is 17.8 Å². The van der Waals surface area contributed by atoms with Gasteiger partial charge in [0.25, 0.3) is 5.91 Å². The second kappa shape index (κ2) is 7.64. The van der Waals surface area contributed by atoms with Crippen molar-refractivity contribution in [2.75, 3.05) is 0 Å².